The summed E-state index contributed by atoms with van der Waals surface area (Å²) in [5.74, 6) is -0.202. The molecule has 1 saturated carbocycles. The van der Waals surface area contributed by atoms with Crippen LogP contribution in [0.3, 0.4) is 0 Å². The van der Waals surface area contributed by atoms with Crippen molar-refractivity contribution in [3.05, 3.63) is 29.3 Å². The zero-order chi connectivity index (χ0) is 16.3. The Morgan fingerprint density at radius 1 is 1.18 bits per heavy atom. The third-order valence-corrected chi connectivity index (χ3v) is 4.51. The summed E-state index contributed by atoms with van der Waals surface area (Å²) < 4.78 is 0. The third-order valence-electron chi connectivity index (χ3n) is 4.51. The summed E-state index contributed by atoms with van der Waals surface area (Å²) in [7, 11) is 0. The second kappa shape index (κ2) is 6.95. The number of nitrogens with one attached hydrogen (secondary N) is 1. The fourth-order valence-electron chi connectivity index (χ4n) is 2.95. The number of nitrogens with zero attached hydrogens (tertiary/aromatic N) is 1. The van der Waals surface area contributed by atoms with Gasteiger partial charge in [0, 0.05) is 18.8 Å². The van der Waals surface area contributed by atoms with Crippen molar-refractivity contribution < 1.29 is 9.59 Å². The van der Waals surface area contributed by atoms with Gasteiger partial charge in [-0.3, -0.25) is 9.59 Å². The van der Waals surface area contributed by atoms with Gasteiger partial charge in [0.2, 0.25) is 11.8 Å². The summed E-state index contributed by atoms with van der Waals surface area (Å²) in [5, 5.41) is 3.04. The normalized spacial score (nSPS) is 19.6. The number of aryl methyl sites for hydroxylation is 2. The predicted molar refractivity (Wildman–Crippen MR) is 88.7 cm³/mol. The van der Waals surface area contributed by atoms with E-state index in [2.05, 4.69) is 12.2 Å². The van der Waals surface area contributed by atoms with E-state index < -0.39 is 0 Å². The zero-order valence-electron chi connectivity index (χ0n) is 14.0. The molecule has 2 atom stereocenters. The van der Waals surface area contributed by atoms with Crippen LogP contribution in [0.5, 0.6) is 0 Å². The van der Waals surface area contributed by atoms with E-state index in [0.717, 1.165) is 23.2 Å². The first-order chi connectivity index (χ1) is 10.5. The van der Waals surface area contributed by atoms with Crippen LogP contribution in [-0.4, -0.2) is 29.8 Å². The summed E-state index contributed by atoms with van der Waals surface area (Å²) >= 11 is 0. The average molecular weight is 302 g/mol. The quantitative estimate of drug-likeness (QED) is 0.878. The van der Waals surface area contributed by atoms with Gasteiger partial charge in [0.15, 0.2) is 0 Å². The van der Waals surface area contributed by atoms with Crippen LogP contribution in [0.1, 0.15) is 38.3 Å². The minimum Gasteiger partial charge on any atom is -0.343 e. The summed E-state index contributed by atoms with van der Waals surface area (Å²) in [6, 6.07) is 6.04. The molecule has 1 N–H and O–H groups in total. The van der Waals surface area contributed by atoms with Crippen molar-refractivity contribution in [2.24, 2.45) is 11.8 Å². The molecule has 0 bridgehead atoms. The minimum absolute atomic E-state index is 0.0190. The van der Waals surface area contributed by atoms with Gasteiger partial charge in [-0.1, -0.05) is 25.1 Å². The van der Waals surface area contributed by atoms with E-state index in [1.165, 1.54) is 0 Å². The highest BCUT2D eigenvalue weighted by Crippen LogP contribution is 2.41. The van der Waals surface area contributed by atoms with Gasteiger partial charge >= 0.3 is 0 Å². The lowest BCUT2D eigenvalue weighted by molar-refractivity contribution is -0.133. The zero-order valence-corrected chi connectivity index (χ0v) is 14.0. The molecular formula is C18H26N2O2. The van der Waals surface area contributed by atoms with Gasteiger partial charge in [0.05, 0.1) is 11.8 Å². The van der Waals surface area contributed by atoms with Gasteiger partial charge in [-0.25, -0.2) is 0 Å². The molecule has 0 heterocycles. The van der Waals surface area contributed by atoms with Gasteiger partial charge in [0.25, 0.3) is 0 Å². The number of anilines is 1. The lowest BCUT2D eigenvalue weighted by Crippen LogP contribution is -2.33. The smallest absolute Gasteiger partial charge is 0.228 e. The first kappa shape index (κ1) is 16.5. The van der Waals surface area contributed by atoms with E-state index in [1.807, 2.05) is 43.9 Å². The molecule has 1 aliphatic rings. The van der Waals surface area contributed by atoms with Crippen LogP contribution in [0.2, 0.25) is 0 Å². The largest absolute Gasteiger partial charge is 0.343 e. The van der Waals surface area contributed by atoms with Crippen molar-refractivity contribution in [1.29, 1.82) is 0 Å². The summed E-state index contributed by atoms with van der Waals surface area (Å²) in [6.07, 6.45) is 1.55. The number of amides is 2. The fraction of sp³-hybridized carbons (Fsp3) is 0.556. The molecule has 0 aliphatic heterocycles. The lowest BCUT2D eigenvalue weighted by atomic mass is 10.1. The van der Waals surface area contributed by atoms with Gasteiger partial charge in [-0.15, -0.1) is 0 Å². The lowest BCUT2D eigenvalue weighted by Gasteiger charge is -2.18. The molecule has 1 aromatic rings. The van der Waals surface area contributed by atoms with Gasteiger partial charge < -0.3 is 10.2 Å². The van der Waals surface area contributed by atoms with Crippen LogP contribution < -0.4 is 5.32 Å². The Labute approximate surface area is 132 Å². The SMILES string of the molecule is CCc1cccc(C)c1NC(=O)C1CC1C(=O)N(CC)CC. The van der Waals surface area contributed by atoms with E-state index in [-0.39, 0.29) is 23.7 Å². The fourth-order valence-corrected chi connectivity index (χ4v) is 2.95. The molecule has 22 heavy (non-hydrogen) atoms. The number of benzene rings is 1. The van der Waals surface area contributed by atoms with Gasteiger partial charge in [-0.2, -0.15) is 0 Å². The first-order valence-corrected chi connectivity index (χ1v) is 8.21. The summed E-state index contributed by atoms with van der Waals surface area (Å²) in [5.41, 5.74) is 3.12. The molecule has 1 aromatic carbocycles. The van der Waals surface area contributed by atoms with E-state index in [9.17, 15) is 9.59 Å². The molecule has 4 heteroatoms. The van der Waals surface area contributed by atoms with Crippen LogP contribution in [0.4, 0.5) is 5.69 Å². The van der Waals surface area contributed by atoms with Crippen LogP contribution in [0.25, 0.3) is 0 Å². The van der Waals surface area contributed by atoms with Crippen LogP contribution in [0, 0.1) is 18.8 Å². The molecule has 0 spiro atoms. The number of carbonyl (C=O) groups is 2. The summed E-state index contributed by atoms with van der Waals surface area (Å²) in [6.45, 7) is 9.43. The maximum absolute atomic E-state index is 12.4. The third kappa shape index (κ3) is 3.32. The predicted octanol–water partition coefficient (Wildman–Crippen LogP) is 3.00. The first-order valence-electron chi connectivity index (χ1n) is 8.21. The Morgan fingerprint density at radius 3 is 2.45 bits per heavy atom. The van der Waals surface area contributed by atoms with Crippen molar-refractivity contribution in [3.63, 3.8) is 0 Å². The van der Waals surface area contributed by atoms with Crippen molar-refractivity contribution in [3.8, 4) is 0 Å². The highest BCUT2D eigenvalue weighted by atomic mass is 16.2. The molecule has 4 nitrogen and oxygen atoms in total. The number of rotatable bonds is 6. The Bertz CT molecular complexity index is 564. The maximum Gasteiger partial charge on any atom is 0.228 e. The topological polar surface area (TPSA) is 49.4 Å². The molecule has 0 aromatic heterocycles. The molecule has 2 amide bonds. The number of hydrogen-bond donors (Lipinski definition) is 1. The Hall–Kier alpha value is -1.84. The molecular weight excluding hydrogens is 276 g/mol. The number of carbonyl (C=O) groups excluding carboxylic acids is 2. The van der Waals surface area contributed by atoms with Crippen LogP contribution in [-0.2, 0) is 16.0 Å². The van der Waals surface area contributed by atoms with Crippen LogP contribution in [0.15, 0.2) is 18.2 Å². The Kier molecular flexibility index (Phi) is 5.22. The van der Waals surface area contributed by atoms with E-state index in [4.69, 9.17) is 0 Å². The van der Waals surface area contributed by atoms with E-state index >= 15 is 0 Å². The second-order valence-corrected chi connectivity index (χ2v) is 5.91. The standard InChI is InChI=1S/C18H26N2O2/c1-5-13-10-8-9-12(4)16(13)19-17(21)14-11-15(14)18(22)20(6-2)7-3/h8-10,14-15H,5-7,11H2,1-4H3,(H,19,21). The van der Waals surface area contributed by atoms with Gasteiger partial charge in [0.1, 0.15) is 0 Å². The van der Waals surface area contributed by atoms with Crippen molar-refractivity contribution >= 4 is 17.5 Å². The Morgan fingerprint density at radius 2 is 1.86 bits per heavy atom. The molecule has 120 valence electrons. The van der Waals surface area contributed by atoms with Crippen LogP contribution >= 0.6 is 0 Å². The molecule has 2 unspecified atom stereocenters. The Balaban J connectivity index is 2.02. The van der Waals surface area contributed by atoms with Gasteiger partial charge in [-0.05, 0) is 44.7 Å². The average Bonchev–Trinajstić information content (AvgIpc) is 3.31. The van der Waals surface area contributed by atoms with Crippen molar-refractivity contribution in [2.45, 2.75) is 40.5 Å². The summed E-state index contributed by atoms with van der Waals surface area (Å²) in [4.78, 5) is 26.5. The monoisotopic (exact) mass is 302 g/mol. The van der Waals surface area contributed by atoms with E-state index in [0.29, 0.717) is 19.5 Å². The molecule has 1 aliphatic carbocycles. The highest BCUT2D eigenvalue weighted by molar-refractivity contribution is 6.00. The highest BCUT2D eigenvalue weighted by Gasteiger charge is 2.49. The van der Waals surface area contributed by atoms with E-state index in [1.54, 1.807) is 0 Å². The number of hydrogen-bond acceptors (Lipinski definition) is 2. The molecule has 1 fully saturated rings. The van der Waals surface area contributed by atoms with Crippen molar-refractivity contribution in [1.82, 2.24) is 4.90 Å². The second-order valence-electron chi connectivity index (χ2n) is 5.91. The molecule has 0 radical (unpaired) electrons. The number of para-hydroxylation sites is 1. The maximum atomic E-state index is 12.4. The molecule has 2 rings (SSSR count). The molecule has 0 saturated heterocycles. The minimum atomic E-state index is -0.169. The van der Waals surface area contributed by atoms with Crippen molar-refractivity contribution in [2.75, 3.05) is 18.4 Å².